The monoisotopic (exact) mass is 275 g/mol. The summed E-state index contributed by atoms with van der Waals surface area (Å²) < 4.78 is 23.9. The van der Waals surface area contributed by atoms with Crippen LogP contribution in [0.1, 0.15) is 17.2 Å². The van der Waals surface area contributed by atoms with E-state index in [1.54, 1.807) is 20.3 Å². The van der Waals surface area contributed by atoms with E-state index in [0.29, 0.717) is 17.9 Å². The lowest BCUT2D eigenvalue weighted by Crippen LogP contribution is -2.15. The van der Waals surface area contributed by atoms with Gasteiger partial charge in [-0.2, -0.15) is 0 Å². The van der Waals surface area contributed by atoms with E-state index >= 15 is 0 Å². The van der Waals surface area contributed by atoms with Gasteiger partial charge in [0.05, 0.1) is 19.8 Å². The molecule has 0 aliphatic rings. The Morgan fingerprint density at radius 1 is 1.05 bits per heavy atom. The van der Waals surface area contributed by atoms with Crippen LogP contribution in [0.2, 0.25) is 0 Å². The van der Waals surface area contributed by atoms with Crippen LogP contribution in [-0.4, -0.2) is 14.2 Å². The maximum Gasteiger partial charge on any atom is 0.127 e. The fourth-order valence-electron chi connectivity index (χ4n) is 2.27. The molecule has 0 bridgehead atoms. The predicted octanol–water partition coefficient (Wildman–Crippen LogP) is 3.09. The fourth-order valence-corrected chi connectivity index (χ4v) is 2.27. The first-order valence-corrected chi connectivity index (χ1v) is 6.36. The summed E-state index contributed by atoms with van der Waals surface area (Å²) in [7, 11) is 3.18. The van der Waals surface area contributed by atoms with E-state index < -0.39 is 0 Å². The van der Waals surface area contributed by atoms with Crippen molar-refractivity contribution in [2.24, 2.45) is 5.73 Å². The second kappa shape index (κ2) is 6.39. The number of hydrogen-bond acceptors (Lipinski definition) is 3. The molecule has 2 aromatic carbocycles. The molecule has 106 valence electrons. The SMILES string of the molecule is COc1cccc(OC)c1C(N)Cc1cccc(F)c1. The minimum absolute atomic E-state index is 0.262. The van der Waals surface area contributed by atoms with Gasteiger partial charge < -0.3 is 15.2 Å². The zero-order chi connectivity index (χ0) is 14.5. The normalized spacial score (nSPS) is 12.0. The first kappa shape index (κ1) is 14.3. The van der Waals surface area contributed by atoms with Crippen molar-refractivity contribution < 1.29 is 13.9 Å². The molecule has 0 saturated heterocycles. The molecule has 2 rings (SSSR count). The molecule has 0 radical (unpaired) electrons. The van der Waals surface area contributed by atoms with Crippen LogP contribution in [0.25, 0.3) is 0 Å². The van der Waals surface area contributed by atoms with Gasteiger partial charge in [-0.15, -0.1) is 0 Å². The highest BCUT2D eigenvalue weighted by Gasteiger charge is 2.18. The van der Waals surface area contributed by atoms with E-state index in [9.17, 15) is 4.39 Å². The third-order valence-electron chi connectivity index (χ3n) is 3.18. The summed E-state index contributed by atoms with van der Waals surface area (Å²) >= 11 is 0. The molecular formula is C16H18FNO2. The largest absolute Gasteiger partial charge is 0.496 e. The Morgan fingerprint density at radius 2 is 1.65 bits per heavy atom. The lowest BCUT2D eigenvalue weighted by atomic mass is 9.98. The molecule has 1 unspecified atom stereocenters. The second-order valence-electron chi connectivity index (χ2n) is 4.52. The number of nitrogens with two attached hydrogens (primary N) is 1. The van der Waals surface area contributed by atoms with E-state index in [2.05, 4.69) is 0 Å². The average Bonchev–Trinajstić information content (AvgIpc) is 2.46. The minimum Gasteiger partial charge on any atom is -0.496 e. The summed E-state index contributed by atoms with van der Waals surface area (Å²) in [4.78, 5) is 0. The van der Waals surface area contributed by atoms with E-state index in [1.165, 1.54) is 12.1 Å². The van der Waals surface area contributed by atoms with Crippen molar-refractivity contribution in [3.8, 4) is 11.5 Å². The van der Waals surface area contributed by atoms with Crippen LogP contribution in [0.5, 0.6) is 11.5 Å². The van der Waals surface area contributed by atoms with Gasteiger partial charge in [-0.25, -0.2) is 4.39 Å². The van der Waals surface area contributed by atoms with E-state index in [0.717, 1.165) is 11.1 Å². The number of methoxy groups -OCH3 is 2. The highest BCUT2D eigenvalue weighted by Crippen LogP contribution is 2.34. The van der Waals surface area contributed by atoms with Gasteiger partial charge in [0.2, 0.25) is 0 Å². The summed E-state index contributed by atoms with van der Waals surface area (Å²) in [6.45, 7) is 0. The van der Waals surface area contributed by atoms with E-state index in [-0.39, 0.29) is 11.9 Å². The van der Waals surface area contributed by atoms with Gasteiger partial charge in [-0.1, -0.05) is 18.2 Å². The van der Waals surface area contributed by atoms with Gasteiger partial charge in [0.15, 0.2) is 0 Å². The number of ether oxygens (including phenoxy) is 2. The molecule has 0 aromatic heterocycles. The van der Waals surface area contributed by atoms with Gasteiger partial charge in [-0.05, 0) is 36.2 Å². The molecule has 0 aliphatic heterocycles. The maximum atomic E-state index is 13.2. The molecule has 0 aliphatic carbocycles. The molecule has 0 saturated carbocycles. The molecule has 0 spiro atoms. The number of hydrogen-bond donors (Lipinski definition) is 1. The van der Waals surface area contributed by atoms with Crippen LogP contribution in [0.4, 0.5) is 4.39 Å². The zero-order valence-corrected chi connectivity index (χ0v) is 11.6. The summed E-state index contributed by atoms with van der Waals surface area (Å²) in [5.74, 6) is 1.09. The molecular weight excluding hydrogens is 257 g/mol. The maximum absolute atomic E-state index is 13.2. The smallest absolute Gasteiger partial charge is 0.127 e. The molecule has 2 N–H and O–H groups in total. The Labute approximate surface area is 118 Å². The van der Waals surface area contributed by atoms with Gasteiger partial charge >= 0.3 is 0 Å². The Kier molecular flexibility index (Phi) is 4.58. The van der Waals surface area contributed by atoms with Crippen LogP contribution in [0.15, 0.2) is 42.5 Å². The van der Waals surface area contributed by atoms with Crippen LogP contribution in [-0.2, 0) is 6.42 Å². The van der Waals surface area contributed by atoms with Gasteiger partial charge in [0.1, 0.15) is 17.3 Å². The first-order valence-electron chi connectivity index (χ1n) is 6.36. The van der Waals surface area contributed by atoms with Crippen LogP contribution < -0.4 is 15.2 Å². The van der Waals surface area contributed by atoms with Crippen molar-refractivity contribution in [1.29, 1.82) is 0 Å². The Balaban J connectivity index is 2.31. The van der Waals surface area contributed by atoms with Crippen molar-refractivity contribution in [2.45, 2.75) is 12.5 Å². The van der Waals surface area contributed by atoms with Crippen molar-refractivity contribution in [2.75, 3.05) is 14.2 Å². The van der Waals surface area contributed by atoms with Crippen molar-refractivity contribution in [1.82, 2.24) is 0 Å². The van der Waals surface area contributed by atoms with Crippen LogP contribution in [0, 0.1) is 5.82 Å². The molecule has 3 nitrogen and oxygen atoms in total. The molecule has 0 fully saturated rings. The second-order valence-corrected chi connectivity index (χ2v) is 4.52. The van der Waals surface area contributed by atoms with Crippen LogP contribution >= 0.6 is 0 Å². The van der Waals surface area contributed by atoms with E-state index in [1.807, 2.05) is 24.3 Å². The summed E-state index contributed by atoms with van der Waals surface area (Å²) in [5.41, 5.74) is 7.88. The quantitative estimate of drug-likeness (QED) is 0.912. The highest BCUT2D eigenvalue weighted by atomic mass is 19.1. The molecule has 0 heterocycles. The predicted molar refractivity (Wildman–Crippen MR) is 76.6 cm³/mol. The Bertz CT molecular complexity index is 564. The lowest BCUT2D eigenvalue weighted by Gasteiger charge is -2.19. The summed E-state index contributed by atoms with van der Waals surface area (Å²) in [6.07, 6.45) is 0.508. The fraction of sp³-hybridized carbons (Fsp3) is 0.250. The molecule has 20 heavy (non-hydrogen) atoms. The first-order chi connectivity index (χ1) is 9.65. The van der Waals surface area contributed by atoms with Gasteiger partial charge in [0.25, 0.3) is 0 Å². The highest BCUT2D eigenvalue weighted by molar-refractivity contribution is 5.47. The topological polar surface area (TPSA) is 44.5 Å². The molecule has 1 atom stereocenters. The average molecular weight is 275 g/mol. The van der Waals surface area contributed by atoms with Gasteiger partial charge in [0, 0.05) is 6.04 Å². The number of rotatable bonds is 5. The summed E-state index contributed by atoms with van der Waals surface area (Å²) in [5, 5.41) is 0. The van der Waals surface area contributed by atoms with E-state index in [4.69, 9.17) is 15.2 Å². The van der Waals surface area contributed by atoms with Crippen molar-refractivity contribution >= 4 is 0 Å². The molecule has 4 heteroatoms. The third-order valence-corrected chi connectivity index (χ3v) is 3.18. The molecule has 2 aromatic rings. The third kappa shape index (κ3) is 3.08. The van der Waals surface area contributed by atoms with Gasteiger partial charge in [-0.3, -0.25) is 0 Å². The van der Waals surface area contributed by atoms with Crippen molar-refractivity contribution in [3.05, 3.63) is 59.4 Å². The number of halogens is 1. The standard InChI is InChI=1S/C16H18FNO2/c1-19-14-7-4-8-15(20-2)16(14)13(18)10-11-5-3-6-12(17)9-11/h3-9,13H,10,18H2,1-2H3. The Hall–Kier alpha value is -2.07. The summed E-state index contributed by atoms with van der Waals surface area (Å²) in [6, 6.07) is 11.6. The minimum atomic E-state index is -0.331. The lowest BCUT2D eigenvalue weighted by molar-refractivity contribution is 0.379. The van der Waals surface area contributed by atoms with Crippen molar-refractivity contribution in [3.63, 3.8) is 0 Å². The zero-order valence-electron chi connectivity index (χ0n) is 11.6. The van der Waals surface area contributed by atoms with Crippen LogP contribution in [0.3, 0.4) is 0 Å². The Morgan fingerprint density at radius 3 is 2.20 bits per heavy atom. The number of benzene rings is 2. The molecule has 0 amide bonds.